The second-order valence-electron chi connectivity index (χ2n) is 5.76. The average molecular weight is 288 g/mol. The van der Waals surface area contributed by atoms with Crippen molar-refractivity contribution in [1.82, 2.24) is 4.98 Å². The summed E-state index contributed by atoms with van der Waals surface area (Å²) < 4.78 is 1.18. The van der Waals surface area contributed by atoms with Gasteiger partial charge in [0.2, 0.25) is 0 Å². The lowest BCUT2D eigenvalue weighted by Crippen LogP contribution is -2.40. The first-order valence-electron chi connectivity index (χ1n) is 7.07. The number of hydrogen-bond acceptors (Lipinski definition) is 4. The van der Waals surface area contributed by atoms with Gasteiger partial charge in [-0.3, -0.25) is 0 Å². The standard InChI is InChI=1S/C15H16N2O2S/c18-15(19)13-10-3-1-2-9(10)8-17(13)14-11-5-7-20-12(11)4-6-16-14/h4-7,9-10,13H,1-3,8H2,(H,18,19). The van der Waals surface area contributed by atoms with Gasteiger partial charge in [0.15, 0.2) is 0 Å². The summed E-state index contributed by atoms with van der Waals surface area (Å²) in [5, 5.41) is 12.8. The molecule has 3 heterocycles. The summed E-state index contributed by atoms with van der Waals surface area (Å²) in [5.41, 5.74) is 0. The van der Waals surface area contributed by atoms with Gasteiger partial charge in [-0.05, 0) is 42.2 Å². The Kier molecular flexibility index (Phi) is 2.70. The number of carboxylic acids is 1. The van der Waals surface area contributed by atoms with Crippen molar-refractivity contribution in [3.8, 4) is 0 Å². The molecular formula is C15H16N2O2S. The highest BCUT2D eigenvalue weighted by Gasteiger charge is 2.48. The number of fused-ring (bicyclic) bond motifs is 2. The normalized spacial score (nSPS) is 29.0. The van der Waals surface area contributed by atoms with Gasteiger partial charge in [-0.1, -0.05) is 6.42 Å². The fourth-order valence-electron chi connectivity index (χ4n) is 3.95. The van der Waals surface area contributed by atoms with Gasteiger partial charge in [0.25, 0.3) is 0 Å². The Bertz CT molecular complexity index is 669. The first-order valence-corrected chi connectivity index (χ1v) is 7.95. The Labute approximate surface area is 121 Å². The number of carboxylic acid groups (broad SMARTS) is 1. The number of rotatable bonds is 2. The zero-order valence-corrected chi connectivity index (χ0v) is 11.8. The summed E-state index contributed by atoms with van der Waals surface area (Å²) in [6.45, 7) is 0.837. The Morgan fingerprint density at radius 1 is 1.40 bits per heavy atom. The molecule has 4 rings (SSSR count). The molecule has 0 aromatic carbocycles. The third kappa shape index (κ3) is 1.66. The second-order valence-corrected chi connectivity index (χ2v) is 6.70. The van der Waals surface area contributed by atoms with Crippen LogP contribution in [0.2, 0.25) is 0 Å². The molecule has 0 amide bonds. The fourth-order valence-corrected chi connectivity index (χ4v) is 4.73. The van der Waals surface area contributed by atoms with Gasteiger partial charge in [0.05, 0.1) is 0 Å². The van der Waals surface area contributed by atoms with Crippen LogP contribution in [0.25, 0.3) is 10.1 Å². The molecule has 1 aliphatic carbocycles. The van der Waals surface area contributed by atoms with Gasteiger partial charge in [-0.15, -0.1) is 11.3 Å². The van der Waals surface area contributed by atoms with Gasteiger partial charge >= 0.3 is 5.97 Å². The molecule has 1 saturated heterocycles. The maximum Gasteiger partial charge on any atom is 0.326 e. The van der Waals surface area contributed by atoms with Crippen LogP contribution in [0.15, 0.2) is 23.7 Å². The smallest absolute Gasteiger partial charge is 0.326 e. The molecule has 20 heavy (non-hydrogen) atoms. The van der Waals surface area contributed by atoms with Gasteiger partial charge in [0, 0.05) is 22.8 Å². The summed E-state index contributed by atoms with van der Waals surface area (Å²) in [5.74, 6) is 0.967. The molecule has 4 nitrogen and oxygen atoms in total. The summed E-state index contributed by atoms with van der Waals surface area (Å²) in [7, 11) is 0. The maximum absolute atomic E-state index is 11.7. The highest BCUT2D eigenvalue weighted by atomic mass is 32.1. The van der Waals surface area contributed by atoms with Gasteiger partial charge < -0.3 is 10.0 Å². The molecule has 0 bridgehead atoms. The van der Waals surface area contributed by atoms with E-state index in [1.165, 1.54) is 11.1 Å². The number of nitrogens with zero attached hydrogens (tertiary/aromatic N) is 2. The van der Waals surface area contributed by atoms with E-state index in [-0.39, 0.29) is 0 Å². The highest BCUT2D eigenvalue weighted by molar-refractivity contribution is 7.17. The number of hydrogen-bond donors (Lipinski definition) is 1. The topological polar surface area (TPSA) is 53.4 Å². The molecule has 1 N–H and O–H groups in total. The highest BCUT2D eigenvalue weighted by Crippen LogP contribution is 2.45. The van der Waals surface area contributed by atoms with Crippen LogP contribution >= 0.6 is 11.3 Å². The number of aromatic nitrogens is 1. The van der Waals surface area contributed by atoms with Crippen LogP contribution in [-0.4, -0.2) is 28.6 Å². The average Bonchev–Trinajstić information content (AvgIpc) is 3.11. The first kappa shape index (κ1) is 12.1. The minimum atomic E-state index is -0.701. The lowest BCUT2D eigenvalue weighted by atomic mass is 9.94. The van der Waals surface area contributed by atoms with E-state index < -0.39 is 12.0 Å². The van der Waals surface area contributed by atoms with Crippen LogP contribution in [0.5, 0.6) is 0 Å². The lowest BCUT2D eigenvalue weighted by molar-refractivity contribution is -0.139. The van der Waals surface area contributed by atoms with Crippen molar-refractivity contribution in [2.45, 2.75) is 25.3 Å². The molecule has 5 heteroatoms. The quantitative estimate of drug-likeness (QED) is 0.923. The summed E-state index contributed by atoms with van der Waals surface area (Å²) in [4.78, 5) is 18.3. The van der Waals surface area contributed by atoms with Crippen molar-refractivity contribution in [2.24, 2.45) is 11.8 Å². The number of pyridine rings is 1. The van der Waals surface area contributed by atoms with Crippen molar-refractivity contribution >= 4 is 33.2 Å². The van der Waals surface area contributed by atoms with E-state index in [1.807, 2.05) is 16.3 Å². The number of aliphatic carboxylic acids is 1. The van der Waals surface area contributed by atoms with Gasteiger partial charge in [-0.2, -0.15) is 0 Å². The lowest BCUT2D eigenvalue weighted by Gasteiger charge is -2.25. The van der Waals surface area contributed by atoms with Crippen LogP contribution in [0, 0.1) is 11.8 Å². The third-order valence-electron chi connectivity index (χ3n) is 4.77. The SMILES string of the molecule is O=C(O)C1C2CCCC2CN1c1nccc2sccc12. The molecular weight excluding hydrogens is 272 g/mol. The van der Waals surface area contributed by atoms with Crippen LogP contribution in [0.4, 0.5) is 5.82 Å². The zero-order chi connectivity index (χ0) is 13.7. The van der Waals surface area contributed by atoms with E-state index in [2.05, 4.69) is 11.1 Å². The van der Waals surface area contributed by atoms with Crippen LogP contribution in [0.3, 0.4) is 0 Å². The summed E-state index contributed by atoms with van der Waals surface area (Å²) in [6.07, 6.45) is 5.16. The first-order chi connectivity index (χ1) is 9.75. The van der Waals surface area contributed by atoms with Crippen molar-refractivity contribution in [3.63, 3.8) is 0 Å². The van der Waals surface area contributed by atoms with Crippen molar-refractivity contribution in [2.75, 3.05) is 11.4 Å². The molecule has 1 saturated carbocycles. The molecule has 2 aromatic rings. The summed E-state index contributed by atoms with van der Waals surface area (Å²) >= 11 is 1.68. The van der Waals surface area contributed by atoms with E-state index in [1.54, 1.807) is 17.5 Å². The van der Waals surface area contributed by atoms with Gasteiger partial charge in [-0.25, -0.2) is 9.78 Å². The molecule has 2 aromatic heterocycles. The minimum absolute atomic E-state index is 0.295. The molecule has 2 aliphatic rings. The van der Waals surface area contributed by atoms with Crippen molar-refractivity contribution < 1.29 is 9.90 Å². The van der Waals surface area contributed by atoms with Crippen LogP contribution in [-0.2, 0) is 4.79 Å². The number of thiophene rings is 1. The van der Waals surface area contributed by atoms with E-state index >= 15 is 0 Å². The second kappa shape index (κ2) is 4.45. The molecule has 3 unspecified atom stereocenters. The Balaban J connectivity index is 1.81. The van der Waals surface area contributed by atoms with Crippen LogP contribution < -0.4 is 4.90 Å². The third-order valence-corrected chi connectivity index (χ3v) is 5.66. The molecule has 0 spiro atoms. The van der Waals surface area contributed by atoms with Crippen molar-refractivity contribution in [1.29, 1.82) is 0 Å². The fraction of sp³-hybridized carbons (Fsp3) is 0.467. The number of carbonyl (C=O) groups is 1. The van der Waals surface area contributed by atoms with E-state index in [0.717, 1.165) is 30.6 Å². The van der Waals surface area contributed by atoms with Gasteiger partial charge in [0.1, 0.15) is 11.9 Å². The number of anilines is 1. The maximum atomic E-state index is 11.7. The molecule has 1 aliphatic heterocycles. The molecule has 3 atom stereocenters. The van der Waals surface area contributed by atoms with E-state index in [4.69, 9.17) is 0 Å². The van der Waals surface area contributed by atoms with E-state index in [0.29, 0.717) is 11.8 Å². The summed E-state index contributed by atoms with van der Waals surface area (Å²) in [6, 6.07) is 3.64. The molecule has 0 radical (unpaired) electrons. The Hall–Kier alpha value is -1.62. The zero-order valence-electron chi connectivity index (χ0n) is 11.0. The predicted octanol–water partition coefficient (Wildman–Crippen LogP) is 2.99. The largest absolute Gasteiger partial charge is 0.480 e. The minimum Gasteiger partial charge on any atom is -0.480 e. The van der Waals surface area contributed by atoms with Crippen molar-refractivity contribution in [3.05, 3.63) is 23.7 Å². The molecule has 2 fully saturated rings. The van der Waals surface area contributed by atoms with Crippen LogP contribution in [0.1, 0.15) is 19.3 Å². The molecule has 104 valence electrons. The Morgan fingerprint density at radius 2 is 2.30 bits per heavy atom. The Morgan fingerprint density at radius 3 is 3.15 bits per heavy atom. The predicted molar refractivity (Wildman–Crippen MR) is 79.2 cm³/mol. The monoisotopic (exact) mass is 288 g/mol. The van der Waals surface area contributed by atoms with E-state index in [9.17, 15) is 9.90 Å².